The minimum atomic E-state index is -1.50. The zero-order chi connectivity index (χ0) is 10.8. The molecule has 1 rings (SSSR count). The van der Waals surface area contributed by atoms with Crippen LogP contribution in [0.3, 0.4) is 0 Å². The van der Waals surface area contributed by atoms with Crippen LogP contribution in [0.4, 0.5) is 0 Å². The maximum absolute atomic E-state index is 6.41. The SMILES string of the molecule is CCC1CCCCC1(N)O[Si](C)(C)C. The van der Waals surface area contributed by atoms with Crippen LogP contribution in [0.2, 0.25) is 19.6 Å². The van der Waals surface area contributed by atoms with Gasteiger partial charge in [-0.1, -0.05) is 13.3 Å². The van der Waals surface area contributed by atoms with Crippen LogP contribution in [0.1, 0.15) is 39.0 Å². The summed E-state index contributed by atoms with van der Waals surface area (Å²) in [4.78, 5) is 0. The van der Waals surface area contributed by atoms with Gasteiger partial charge in [-0.3, -0.25) is 0 Å². The molecule has 1 aliphatic rings. The van der Waals surface area contributed by atoms with Crippen molar-refractivity contribution in [1.29, 1.82) is 0 Å². The van der Waals surface area contributed by atoms with E-state index in [1.54, 1.807) is 0 Å². The molecule has 0 radical (unpaired) electrons. The molecule has 0 saturated heterocycles. The van der Waals surface area contributed by atoms with E-state index in [-0.39, 0.29) is 5.72 Å². The van der Waals surface area contributed by atoms with Gasteiger partial charge in [0.05, 0.1) is 0 Å². The van der Waals surface area contributed by atoms with Crippen molar-refractivity contribution in [3.8, 4) is 0 Å². The largest absolute Gasteiger partial charge is 0.400 e. The minimum absolute atomic E-state index is 0.308. The molecule has 1 aliphatic carbocycles. The topological polar surface area (TPSA) is 35.2 Å². The van der Waals surface area contributed by atoms with Crippen molar-refractivity contribution in [1.82, 2.24) is 0 Å². The number of hydrogen-bond acceptors (Lipinski definition) is 2. The van der Waals surface area contributed by atoms with Crippen molar-refractivity contribution >= 4 is 8.32 Å². The normalized spacial score (nSPS) is 34.5. The van der Waals surface area contributed by atoms with E-state index in [1.807, 2.05) is 0 Å². The van der Waals surface area contributed by atoms with Gasteiger partial charge in [0.2, 0.25) is 0 Å². The van der Waals surface area contributed by atoms with Crippen molar-refractivity contribution in [2.75, 3.05) is 0 Å². The number of nitrogens with two attached hydrogens (primary N) is 1. The monoisotopic (exact) mass is 215 g/mol. The van der Waals surface area contributed by atoms with E-state index in [1.165, 1.54) is 19.3 Å². The van der Waals surface area contributed by atoms with Crippen LogP contribution in [0.5, 0.6) is 0 Å². The average Bonchev–Trinajstić information content (AvgIpc) is 2.01. The lowest BCUT2D eigenvalue weighted by Crippen LogP contribution is -2.56. The molecule has 14 heavy (non-hydrogen) atoms. The fraction of sp³-hybridized carbons (Fsp3) is 1.00. The Balaban J connectivity index is 2.67. The molecule has 0 aromatic rings. The second-order valence-corrected chi connectivity index (χ2v) is 9.95. The van der Waals surface area contributed by atoms with Gasteiger partial charge < -0.3 is 10.2 Å². The summed E-state index contributed by atoms with van der Waals surface area (Å²) in [6.07, 6.45) is 6.01. The van der Waals surface area contributed by atoms with Crippen LogP contribution >= 0.6 is 0 Å². The van der Waals surface area contributed by atoms with Gasteiger partial charge in [0.15, 0.2) is 8.32 Å². The van der Waals surface area contributed by atoms with Crippen molar-refractivity contribution in [2.24, 2.45) is 11.7 Å². The highest BCUT2D eigenvalue weighted by Gasteiger charge is 2.40. The Morgan fingerprint density at radius 1 is 1.36 bits per heavy atom. The number of rotatable bonds is 3. The highest BCUT2D eigenvalue weighted by Crippen LogP contribution is 2.36. The molecule has 2 N–H and O–H groups in total. The van der Waals surface area contributed by atoms with E-state index in [0.717, 1.165) is 12.8 Å². The van der Waals surface area contributed by atoms with Gasteiger partial charge in [-0.2, -0.15) is 0 Å². The lowest BCUT2D eigenvalue weighted by atomic mass is 9.80. The Morgan fingerprint density at radius 3 is 2.50 bits per heavy atom. The van der Waals surface area contributed by atoms with E-state index in [0.29, 0.717) is 5.92 Å². The molecular formula is C11H25NOSi. The molecule has 3 heteroatoms. The quantitative estimate of drug-likeness (QED) is 0.580. The molecule has 1 saturated carbocycles. The summed E-state index contributed by atoms with van der Waals surface area (Å²) in [6, 6.07) is 0. The van der Waals surface area contributed by atoms with Crippen molar-refractivity contribution in [2.45, 2.75) is 64.4 Å². The van der Waals surface area contributed by atoms with E-state index in [4.69, 9.17) is 10.2 Å². The second kappa shape index (κ2) is 4.33. The van der Waals surface area contributed by atoms with E-state index in [9.17, 15) is 0 Å². The molecule has 2 atom stereocenters. The van der Waals surface area contributed by atoms with Crippen LogP contribution in [0.25, 0.3) is 0 Å². The first-order chi connectivity index (χ1) is 6.37. The van der Waals surface area contributed by atoms with Crippen LogP contribution in [0.15, 0.2) is 0 Å². The fourth-order valence-electron chi connectivity index (χ4n) is 2.49. The molecule has 2 unspecified atom stereocenters. The summed E-state index contributed by atoms with van der Waals surface area (Å²) in [5.74, 6) is 0.572. The molecule has 84 valence electrons. The van der Waals surface area contributed by atoms with E-state index >= 15 is 0 Å². The van der Waals surface area contributed by atoms with Crippen LogP contribution in [0, 0.1) is 5.92 Å². The summed E-state index contributed by atoms with van der Waals surface area (Å²) in [6.45, 7) is 8.90. The maximum Gasteiger partial charge on any atom is 0.186 e. The molecule has 0 heterocycles. The molecule has 0 bridgehead atoms. The highest BCUT2D eigenvalue weighted by molar-refractivity contribution is 6.69. The predicted octanol–water partition coefficient (Wildman–Crippen LogP) is 3.09. The smallest absolute Gasteiger partial charge is 0.186 e. The van der Waals surface area contributed by atoms with Crippen molar-refractivity contribution in [3.05, 3.63) is 0 Å². The molecule has 0 spiro atoms. The molecule has 0 aromatic heterocycles. The van der Waals surface area contributed by atoms with E-state index < -0.39 is 8.32 Å². The number of hydrogen-bond donors (Lipinski definition) is 1. The van der Waals surface area contributed by atoms with Crippen LogP contribution in [-0.4, -0.2) is 14.0 Å². The van der Waals surface area contributed by atoms with Crippen LogP contribution in [-0.2, 0) is 4.43 Å². The van der Waals surface area contributed by atoms with Crippen molar-refractivity contribution < 1.29 is 4.43 Å². The molecular weight excluding hydrogens is 190 g/mol. The highest BCUT2D eigenvalue weighted by atomic mass is 28.4. The molecule has 2 nitrogen and oxygen atoms in total. The Morgan fingerprint density at radius 2 is 2.00 bits per heavy atom. The van der Waals surface area contributed by atoms with Gasteiger partial charge in [-0.05, 0) is 45.3 Å². The van der Waals surface area contributed by atoms with Gasteiger partial charge in [0.1, 0.15) is 5.72 Å². The van der Waals surface area contributed by atoms with Crippen molar-refractivity contribution in [3.63, 3.8) is 0 Å². The van der Waals surface area contributed by atoms with Gasteiger partial charge in [0, 0.05) is 5.92 Å². The summed E-state index contributed by atoms with van der Waals surface area (Å²) < 4.78 is 6.19. The lowest BCUT2D eigenvalue weighted by molar-refractivity contribution is -0.0272. The predicted molar refractivity (Wildman–Crippen MR) is 63.6 cm³/mol. The Labute approximate surface area is 89.3 Å². The van der Waals surface area contributed by atoms with Gasteiger partial charge in [0.25, 0.3) is 0 Å². The summed E-state index contributed by atoms with van der Waals surface area (Å²) in [5.41, 5.74) is 6.10. The third kappa shape index (κ3) is 3.07. The Bertz CT molecular complexity index is 190. The first kappa shape index (κ1) is 12.2. The van der Waals surface area contributed by atoms with Gasteiger partial charge >= 0.3 is 0 Å². The summed E-state index contributed by atoms with van der Waals surface area (Å²) in [7, 11) is -1.50. The third-order valence-electron chi connectivity index (χ3n) is 3.05. The maximum atomic E-state index is 6.41. The second-order valence-electron chi connectivity index (χ2n) is 5.52. The fourth-order valence-corrected chi connectivity index (χ4v) is 3.90. The summed E-state index contributed by atoms with van der Waals surface area (Å²) >= 11 is 0. The third-order valence-corrected chi connectivity index (χ3v) is 4.04. The van der Waals surface area contributed by atoms with Gasteiger partial charge in [-0.25, -0.2) is 0 Å². The molecule has 0 aromatic carbocycles. The lowest BCUT2D eigenvalue weighted by Gasteiger charge is -2.44. The Kier molecular flexibility index (Phi) is 3.78. The van der Waals surface area contributed by atoms with Gasteiger partial charge in [-0.15, -0.1) is 0 Å². The molecule has 1 fully saturated rings. The van der Waals surface area contributed by atoms with Crippen LogP contribution < -0.4 is 5.73 Å². The molecule has 0 amide bonds. The minimum Gasteiger partial charge on any atom is -0.400 e. The zero-order valence-corrected chi connectivity index (χ0v) is 11.1. The first-order valence-corrected chi connectivity index (χ1v) is 9.27. The summed E-state index contributed by atoms with van der Waals surface area (Å²) in [5, 5.41) is 0. The Hall–Kier alpha value is 0.137. The molecule has 0 aliphatic heterocycles. The standard InChI is InChI=1S/C11H25NOSi/c1-5-10-8-6-7-9-11(10,12)13-14(2,3)4/h10H,5-9,12H2,1-4H3. The average molecular weight is 215 g/mol. The van der Waals surface area contributed by atoms with E-state index in [2.05, 4.69) is 26.6 Å². The first-order valence-electron chi connectivity index (χ1n) is 5.86. The zero-order valence-electron chi connectivity index (χ0n) is 10.1.